The van der Waals surface area contributed by atoms with Crippen LogP contribution in [0.25, 0.3) is 0 Å². The lowest BCUT2D eigenvalue weighted by molar-refractivity contribution is 0.0240. The summed E-state index contributed by atoms with van der Waals surface area (Å²) in [6, 6.07) is 2.17. The number of rotatable bonds is 4. The molecular weight excluding hydrogens is 200 g/mol. The molecule has 0 aromatic carbocycles. The molecule has 0 aliphatic carbocycles. The Hall–Kier alpha value is -0.800. The summed E-state index contributed by atoms with van der Waals surface area (Å²) >= 11 is 0. The van der Waals surface area contributed by atoms with Gasteiger partial charge in [-0.05, 0) is 29.9 Å². The minimum absolute atomic E-state index is 0.424. The highest BCUT2D eigenvalue weighted by atomic mass is 16.5. The summed E-state index contributed by atoms with van der Waals surface area (Å²) in [5, 5.41) is 3.56. The lowest BCUT2D eigenvalue weighted by Gasteiger charge is -2.33. The molecule has 1 fully saturated rings. The van der Waals surface area contributed by atoms with E-state index in [4.69, 9.17) is 4.74 Å². The van der Waals surface area contributed by atoms with Gasteiger partial charge in [0.25, 0.3) is 0 Å². The number of aromatic nitrogens is 1. The minimum Gasteiger partial charge on any atom is -0.381 e. The zero-order chi connectivity index (χ0) is 11.4. The molecule has 0 bridgehead atoms. The summed E-state index contributed by atoms with van der Waals surface area (Å²) in [6.45, 7) is 6.25. The van der Waals surface area contributed by atoms with Crippen LogP contribution >= 0.6 is 0 Å². The summed E-state index contributed by atoms with van der Waals surface area (Å²) < 4.78 is 7.49. The van der Waals surface area contributed by atoms with Crippen molar-refractivity contribution in [3.63, 3.8) is 0 Å². The molecular formula is C13H22N2O. The predicted molar refractivity (Wildman–Crippen MR) is 65.3 cm³/mol. The van der Waals surface area contributed by atoms with Gasteiger partial charge in [0.1, 0.15) is 0 Å². The molecule has 0 unspecified atom stereocenters. The quantitative estimate of drug-likeness (QED) is 0.842. The Morgan fingerprint density at radius 2 is 2.19 bits per heavy atom. The van der Waals surface area contributed by atoms with Crippen molar-refractivity contribution in [3.8, 4) is 0 Å². The van der Waals surface area contributed by atoms with Crippen molar-refractivity contribution in [2.24, 2.45) is 12.5 Å². The Kier molecular flexibility index (Phi) is 3.66. The van der Waals surface area contributed by atoms with Crippen LogP contribution in [0.2, 0.25) is 0 Å². The van der Waals surface area contributed by atoms with Crippen molar-refractivity contribution >= 4 is 0 Å². The molecule has 2 rings (SSSR count). The number of hydrogen-bond donors (Lipinski definition) is 1. The van der Waals surface area contributed by atoms with E-state index < -0.39 is 0 Å². The van der Waals surface area contributed by atoms with Crippen molar-refractivity contribution in [3.05, 3.63) is 24.0 Å². The highest BCUT2D eigenvalue weighted by Gasteiger charge is 2.26. The average Bonchev–Trinajstić information content (AvgIpc) is 2.65. The molecule has 0 radical (unpaired) electrons. The van der Waals surface area contributed by atoms with Gasteiger partial charge in [0.2, 0.25) is 0 Å². The number of aryl methyl sites for hydroxylation is 1. The average molecular weight is 222 g/mol. The molecule has 1 aromatic heterocycles. The van der Waals surface area contributed by atoms with Gasteiger partial charge >= 0.3 is 0 Å². The fourth-order valence-corrected chi connectivity index (χ4v) is 2.22. The molecule has 1 N–H and O–H groups in total. The third-order valence-corrected chi connectivity index (χ3v) is 3.47. The van der Waals surface area contributed by atoms with E-state index >= 15 is 0 Å². The van der Waals surface area contributed by atoms with Gasteiger partial charge in [0, 0.05) is 45.7 Å². The van der Waals surface area contributed by atoms with Gasteiger partial charge in [0.05, 0.1) is 0 Å². The van der Waals surface area contributed by atoms with Crippen LogP contribution in [0.5, 0.6) is 0 Å². The van der Waals surface area contributed by atoms with Crippen LogP contribution < -0.4 is 5.32 Å². The van der Waals surface area contributed by atoms with E-state index in [1.54, 1.807) is 0 Å². The molecule has 2 heterocycles. The second-order valence-corrected chi connectivity index (χ2v) is 5.21. The number of ether oxygens (including phenoxy) is 1. The molecule has 1 aliphatic heterocycles. The third-order valence-electron chi connectivity index (χ3n) is 3.47. The van der Waals surface area contributed by atoms with Crippen molar-refractivity contribution in [2.75, 3.05) is 19.8 Å². The Morgan fingerprint density at radius 1 is 1.44 bits per heavy atom. The number of nitrogens with zero attached hydrogens (tertiary/aromatic N) is 1. The minimum atomic E-state index is 0.424. The number of hydrogen-bond acceptors (Lipinski definition) is 2. The first-order chi connectivity index (χ1) is 7.68. The summed E-state index contributed by atoms with van der Waals surface area (Å²) in [6.07, 6.45) is 6.61. The maximum absolute atomic E-state index is 5.40. The topological polar surface area (TPSA) is 26.2 Å². The van der Waals surface area contributed by atoms with Crippen LogP contribution in [0, 0.1) is 5.41 Å². The van der Waals surface area contributed by atoms with Crippen LogP contribution in [-0.4, -0.2) is 24.3 Å². The molecule has 1 aliphatic rings. The van der Waals surface area contributed by atoms with Gasteiger partial charge in [-0.1, -0.05) is 6.92 Å². The highest BCUT2D eigenvalue weighted by molar-refractivity contribution is 5.09. The van der Waals surface area contributed by atoms with E-state index in [0.29, 0.717) is 5.41 Å². The first-order valence-corrected chi connectivity index (χ1v) is 6.07. The molecule has 0 amide bonds. The zero-order valence-electron chi connectivity index (χ0n) is 10.3. The molecule has 0 atom stereocenters. The molecule has 16 heavy (non-hydrogen) atoms. The largest absolute Gasteiger partial charge is 0.381 e. The van der Waals surface area contributed by atoms with Crippen LogP contribution in [0.1, 0.15) is 25.3 Å². The summed E-state index contributed by atoms with van der Waals surface area (Å²) in [7, 11) is 2.06. The van der Waals surface area contributed by atoms with Crippen molar-refractivity contribution < 1.29 is 4.74 Å². The van der Waals surface area contributed by atoms with Gasteiger partial charge < -0.3 is 14.6 Å². The second kappa shape index (κ2) is 5.02. The predicted octanol–water partition coefficient (Wildman–Crippen LogP) is 1.93. The van der Waals surface area contributed by atoms with Crippen LogP contribution in [-0.2, 0) is 18.3 Å². The van der Waals surface area contributed by atoms with Crippen LogP contribution in [0.4, 0.5) is 0 Å². The van der Waals surface area contributed by atoms with E-state index in [9.17, 15) is 0 Å². The Morgan fingerprint density at radius 3 is 2.81 bits per heavy atom. The standard InChI is InChI=1S/C13H22N2O/c1-13(4-7-16-8-5-13)11-14-9-12-3-6-15(2)10-12/h3,6,10,14H,4-5,7-9,11H2,1-2H3. The lowest BCUT2D eigenvalue weighted by atomic mass is 9.82. The fourth-order valence-electron chi connectivity index (χ4n) is 2.22. The van der Waals surface area contributed by atoms with Crippen molar-refractivity contribution in [1.82, 2.24) is 9.88 Å². The molecule has 0 spiro atoms. The monoisotopic (exact) mass is 222 g/mol. The normalized spacial score (nSPS) is 19.9. The fraction of sp³-hybridized carbons (Fsp3) is 0.692. The second-order valence-electron chi connectivity index (χ2n) is 5.21. The van der Waals surface area contributed by atoms with E-state index in [1.165, 1.54) is 18.4 Å². The zero-order valence-corrected chi connectivity index (χ0v) is 10.3. The molecule has 90 valence electrons. The molecule has 3 heteroatoms. The lowest BCUT2D eigenvalue weighted by Crippen LogP contribution is -2.36. The maximum atomic E-state index is 5.40. The Labute approximate surface area is 97.8 Å². The first-order valence-electron chi connectivity index (χ1n) is 6.07. The van der Waals surface area contributed by atoms with Gasteiger partial charge in [-0.3, -0.25) is 0 Å². The smallest absolute Gasteiger partial charge is 0.0471 e. The summed E-state index contributed by atoms with van der Waals surface area (Å²) in [5.41, 5.74) is 1.78. The molecule has 1 aromatic rings. The maximum Gasteiger partial charge on any atom is 0.0471 e. The first kappa shape index (κ1) is 11.7. The molecule has 0 saturated carbocycles. The van der Waals surface area contributed by atoms with Crippen LogP contribution in [0.3, 0.4) is 0 Å². The van der Waals surface area contributed by atoms with Gasteiger partial charge in [-0.25, -0.2) is 0 Å². The summed E-state index contributed by atoms with van der Waals surface area (Å²) in [4.78, 5) is 0. The molecule has 3 nitrogen and oxygen atoms in total. The summed E-state index contributed by atoms with van der Waals surface area (Å²) in [5.74, 6) is 0. The van der Waals surface area contributed by atoms with E-state index in [0.717, 1.165) is 26.3 Å². The van der Waals surface area contributed by atoms with E-state index in [2.05, 4.69) is 42.3 Å². The van der Waals surface area contributed by atoms with Gasteiger partial charge in [-0.15, -0.1) is 0 Å². The third kappa shape index (κ3) is 3.09. The Bertz CT molecular complexity index is 326. The van der Waals surface area contributed by atoms with Gasteiger partial charge in [-0.2, -0.15) is 0 Å². The van der Waals surface area contributed by atoms with E-state index in [1.807, 2.05) is 0 Å². The van der Waals surface area contributed by atoms with E-state index in [-0.39, 0.29) is 0 Å². The highest BCUT2D eigenvalue weighted by Crippen LogP contribution is 2.28. The SMILES string of the molecule is Cn1ccc(CNCC2(C)CCOCC2)c1. The molecule has 1 saturated heterocycles. The van der Waals surface area contributed by atoms with Gasteiger partial charge in [0.15, 0.2) is 0 Å². The van der Waals surface area contributed by atoms with Crippen molar-refractivity contribution in [2.45, 2.75) is 26.3 Å². The number of nitrogens with one attached hydrogen (secondary N) is 1. The van der Waals surface area contributed by atoms with Crippen molar-refractivity contribution in [1.29, 1.82) is 0 Å². The Balaban J connectivity index is 1.74. The van der Waals surface area contributed by atoms with Crippen LogP contribution in [0.15, 0.2) is 18.5 Å².